The summed E-state index contributed by atoms with van der Waals surface area (Å²) >= 11 is 0. The van der Waals surface area contributed by atoms with Crippen molar-refractivity contribution in [2.75, 3.05) is 5.32 Å². The van der Waals surface area contributed by atoms with Gasteiger partial charge in [-0.15, -0.1) is 0 Å². The Morgan fingerprint density at radius 3 is 2.33 bits per heavy atom. The van der Waals surface area contributed by atoms with E-state index in [4.69, 9.17) is 10.00 Å². The minimum atomic E-state index is -1.20. The molecule has 30 heavy (non-hydrogen) atoms. The van der Waals surface area contributed by atoms with Crippen molar-refractivity contribution in [1.82, 2.24) is 10.6 Å². The second-order valence-corrected chi connectivity index (χ2v) is 6.17. The monoisotopic (exact) mass is 408 g/mol. The molecular formula is C21H20N4O5. The van der Waals surface area contributed by atoms with Crippen LogP contribution in [0.2, 0.25) is 0 Å². The molecule has 154 valence electrons. The molecule has 0 aliphatic heterocycles. The van der Waals surface area contributed by atoms with Crippen LogP contribution in [-0.4, -0.2) is 29.9 Å². The molecule has 9 nitrogen and oxygen atoms in total. The summed E-state index contributed by atoms with van der Waals surface area (Å²) in [5.41, 5.74) is 1.43. The highest BCUT2D eigenvalue weighted by Gasteiger charge is 2.20. The molecule has 2 aromatic carbocycles. The van der Waals surface area contributed by atoms with E-state index in [1.165, 1.54) is 31.2 Å². The highest BCUT2D eigenvalue weighted by molar-refractivity contribution is 5.98. The fourth-order valence-electron chi connectivity index (χ4n) is 2.28. The third-order valence-electron chi connectivity index (χ3n) is 3.83. The summed E-state index contributed by atoms with van der Waals surface area (Å²) in [6.07, 6.45) is -1.48. The van der Waals surface area contributed by atoms with Gasteiger partial charge in [-0.1, -0.05) is 30.3 Å². The molecule has 0 saturated heterocycles. The van der Waals surface area contributed by atoms with E-state index in [0.717, 1.165) is 5.56 Å². The number of benzene rings is 2. The van der Waals surface area contributed by atoms with Gasteiger partial charge in [0.1, 0.15) is 6.42 Å². The Balaban J connectivity index is 1.81. The molecule has 4 amide bonds. The number of rotatable bonds is 7. The Labute approximate surface area is 173 Å². The van der Waals surface area contributed by atoms with Gasteiger partial charge in [-0.25, -0.2) is 9.59 Å². The maximum Gasteiger partial charge on any atom is 0.338 e. The minimum Gasteiger partial charge on any atom is -0.449 e. The summed E-state index contributed by atoms with van der Waals surface area (Å²) < 4.78 is 5.06. The molecule has 0 unspecified atom stereocenters. The van der Waals surface area contributed by atoms with E-state index in [1.807, 2.05) is 30.3 Å². The zero-order valence-electron chi connectivity index (χ0n) is 16.2. The van der Waals surface area contributed by atoms with Crippen LogP contribution in [0.5, 0.6) is 0 Å². The molecule has 9 heteroatoms. The number of imide groups is 1. The standard InChI is InChI=1S/C21H20N4O5/c1-14(19(27)25-21(29)23-13-15-5-3-2-4-6-15)30-20(28)16-7-9-17(10-8-16)24-18(26)11-12-22/h2-10,14H,11,13H2,1H3,(H,24,26)(H2,23,25,27,29)/t14-/m0/s1. The van der Waals surface area contributed by atoms with Gasteiger partial charge in [0.05, 0.1) is 11.6 Å². The van der Waals surface area contributed by atoms with Crippen LogP contribution in [-0.2, 0) is 20.9 Å². The molecule has 0 aliphatic carbocycles. The second-order valence-electron chi connectivity index (χ2n) is 6.17. The molecule has 0 bridgehead atoms. The van der Waals surface area contributed by atoms with Crippen LogP contribution < -0.4 is 16.0 Å². The molecule has 0 aromatic heterocycles. The third kappa shape index (κ3) is 7.09. The summed E-state index contributed by atoms with van der Waals surface area (Å²) in [7, 11) is 0. The van der Waals surface area contributed by atoms with Crippen molar-refractivity contribution in [1.29, 1.82) is 5.26 Å². The predicted octanol–water partition coefficient (Wildman–Crippen LogP) is 2.11. The first kappa shape index (κ1) is 22.1. The number of urea groups is 1. The molecule has 0 spiro atoms. The topological polar surface area (TPSA) is 137 Å². The number of nitrogens with zero attached hydrogens (tertiary/aromatic N) is 1. The predicted molar refractivity (Wildman–Crippen MR) is 107 cm³/mol. The van der Waals surface area contributed by atoms with Gasteiger partial charge in [0, 0.05) is 12.2 Å². The van der Waals surface area contributed by atoms with E-state index >= 15 is 0 Å². The SMILES string of the molecule is C[C@H](OC(=O)c1ccc(NC(=O)CC#N)cc1)C(=O)NC(=O)NCc1ccccc1. The van der Waals surface area contributed by atoms with Gasteiger partial charge in [0.2, 0.25) is 5.91 Å². The Bertz CT molecular complexity index is 952. The smallest absolute Gasteiger partial charge is 0.338 e. The van der Waals surface area contributed by atoms with Gasteiger partial charge in [0.25, 0.3) is 5.91 Å². The average Bonchev–Trinajstić information content (AvgIpc) is 2.73. The van der Waals surface area contributed by atoms with Crippen LogP contribution in [0.25, 0.3) is 0 Å². The lowest BCUT2D eigenvalue weighted by Crippen LogP contribution is -2.44. The number of carbonyl (C=O) groups is 4. The quantitative estimate of drug-likeness (QED) is 0.600. The molecule has 2 rings (SSSR count). The highest BCUT2D eigenvalue weighted by atomic mass is 16.5. The van der Waals surface area contributed by atoms with E-state index in [2.05, 4.69) is 16.0 Å². The molecule has 0 radical (unpaired) electrons. The molecule has 3 N–H and O–H groups in total. The Hall–Kier alpha value is -4.19. The average molecular weight is 408 g/mol. The Kier molecular flexibility index (Phi) is 8.08. The minimum absolute atomic E-state index is 0.154. The van der Waals surface area contributed by atoms with Gasteiger partial charge in [0.15, 0.2) is 6.10 Å². The fourth-order valence-corrected chi connectivity index (χ4v) is 2.28. The third-order valence-corrected chi connectivity index (χ3v) is 3.83. The molecule has 0 fully saturated rings. The highest BCUT2D eigenvalue weighted by Crippen LogP contribution is 2.12. The molecule has 0 saturated carbocycles. The molecule has 0 heterocycles. The van der Waals surface area contributed by atoms with Crippen LogP contribution in [0.1, 0.15) is 29.3 Å². The molecule has 2 aromatic rings. The molecule has 0 aliphatic rings. The number of hydrogen-bond donors (Lipinski definition) is 3. The van der Waals surface area contributed by atoms with Crippen molar-refractivity contribution in [2.45, 2.75) is 26.0 Å². The zero-order chi connectivity index (χ0) is 21.9. The van der Waals surface area contributed by atoms with Crippen molar-refractivity contribution in [3.05, 3.63) is 65.7 Å². The number of anilines is 1. The van der Waals surface area contributed by atoms with Crippen LogP contribution in [0.15, 0.2) is 54.6 Å². The first-order chi connectivity index (χ1) is 14.4. The summed E-state index contributed by atoms with van der Waals surface area (Å²) in [5.74, 6) is -2.00. The van der Waals surface area contributed by atoms with E-state index in [0.29, 0.717) is 5.69 Å². The number of hydrogen-bond acceptors (Lipinski definition) is 6. The lowest BCUT2D eigenvalue weighted by molar-refractivity contribution is -0.127. The van der Waals surface area contributed by atoms with Crippen molar-refractivity contribution >= 4 is 29.5 Å². The Morgan fingerprint density at radius 1 is 1.03 bits per heavy atom. The van der Waals surface area contributed by atoms with Gasteiger partial charge < -0.3 is 15.4 Å². The number of nitrogens with one attached hydrogen (secondary N) is 3. The zero-order valence-corrected chi connectivity index (χ0v) is 16.2. The van der Waals surface area contributed by atoms with E-state index in [1.54, 1.807) is 6.07 Å². The fraction of sp³-hybridized carbons (Fsp3) is 0.190. The number of carbonyl (C=O) groups excluding carboxylic acids is 4. The summed E-state index contributed by atoms with van der Waals surface area (Å²) in [6.45, 7) is 1.58. The van der Waals surface area contributed by atoms with Gasteiger partial charge in [-0.2, -0.15) is 5.26 Å². The molecule has 1 atom stereocenters. The normalized spacial score (nSPS) is 10.8. The van der Waals surface area contributed by atoms with Crippen LogP contribution in [0, 0.1) is 11.3 Å². The summed E-state index contributed by atoms with van der Waals surface area (Å²) in [4.78, 5) is 47.4. The molecular weight excluding hydrogens is 388 g/mol. The largest absolute Gasteiger partial charge is 0.449 e. The van der Waals surface area contributed by atoms with Crippen molar-refractivity contribution < 1.29 is 23.9 Å². The maximum absolute atomic E-state index is 12.2. The van der Waals surface area contributed by atoms with Gasteiger partial charge in [-0.3, -0.25) is 14.9 Å². The Morgan fingerprint density at radius 2 is 1.70 bits per heavy atom. The van der Waals surface area contributed by atoms with Crippen molar-refractivity contribution in [3.63, 3.8) is 0 Å². The second kappa shape index (κ2) is 11.0. The lowest BCUT2D eigenvalue weighted by atomic mass is 10.2. The first-order valence-electron chi connectivity index (χ1n) is 8.99. The number of esters is 1. The van der Waals surface area contributed by atoms with E-state index in [9.17, 15) is 19.2 Å². The first-order valence-corrected chi connectivity index (χ1v) is 8.99. The summed E-state index contributed by atoms with van der Waals surface area (Å²) in [5, 5.41) is 15.6. The number of nitriles is 1. The van der Waals surface area contributed by atoms with Crippen molar-refractivity contribution in [2.24, 2.45) is 0 Å². The maximum atomic E-state index is 12.2. The van der Waals surface area contributed by atoms with Crippen LogP contribution in [0.4, 0.5) is 10.5 Å². The van der Waals surface area contributed by atoms with Gasteiger partial charge in [-0.05, 0) is 36.8 Å². The summed E-state index contributed by atoms with van der Waals surface area (Å²) in [6, 6.07) is 15.9. The lowest BCUT2D eigenvalue weighted by Gasteiger charge is -2.13. The van der Waals surface area contributed by atoms with Crippen molar-refractivity contribution in [3.8, 4) is 6.07 Å². The number of ether oxygens (including phenoxy) is 1. The van der Waals surface area contributed by atoms with Crippen LogP contribution >= 0.6 is 0 Å². The van der Waals surface area contributed by atoms with E-state index in [-0.39, 0.29) is 18.5 Å². The van der Waals surface area contributed by atoms with Crippen LogP contribution in [0.3, 0.4) is 0 Å². The van der Waals surface area contributed by atoms with E-state index < -0.39 is 29.9 Å². The number of amides is 4. The van der Waals surface area contributed by atoms with Gasteiger partial charge >= 0.3 is 12.0 Å².